The first kappa shape index (κ1) is 20.3. The zero-order valence-electron chi connectivity index (χ0n) is 18.2. The van der Waals surface area contributed by atoms with E-state index >= 15 is 0 Å². The molecule has 0 spiro atoms. The van der Waals surface area contributed by atoms with Crippen molar-refractivity contribution in [2.75, 3.05) is 26.2 Å². The molecule has 5 nitrogen and oxygen atoms in total. The molecule has 0 bridgehead atoms. The first-order valence-electron chi connectivity index (χ1n) is 11.5. The number of amidine groups is 1. The van der Waals surface area contributed by atoms with Crippen molar-refractivity contribution < 1.29 is 14.1 Å². The molecule has 1 aliphatic carbocycles. The van der Waals surface area contributed by atoms with Crippen LogP contribution >= 0.6 is 0 Å². The summed E-state index contributed by atoms with van der Waals surface area (Å²) in [7, 11) is 0. The van der Waals surface area contributed by atoms with Crippen molar-refractivity contribution in [2.24, 2.45) is 11.7 Å². The predicted molar refractivity (Wildman–Crippen MR) is 121 cm³/mol. The number of nitrogens with two attached hydrogens (primary N) is 1. The number of carbonyl (C=O) groups excluding carboxylic acids is 1. The van der Waals surface area contributed by atoms with Gasteiger partial charge in [0.2, 0.25) is 11.7 Å². The Kier molecular flexibility index (Phi) is 5.30. The number of hydrogen-bond donors (Lipinski definition) is 1. The van der Waals surface area contributed by atoms with Gasteiger partial charge in [-0.1, -0.05) is 60.7 Å². The van der Waals surface area contributed by atoms with E-state index in [1.165, 1.54) is 5.84 Å². The molecule has 1 saturated carbocycles. The summed E-state index contributed by atoms with van der Waals surface area (Å²) in [4.78, 5) is 15.8. The van der Waals surface area contributed by atoms with Gasteiger partial charge in [0.15, 0.2) is 0 Å². The van der Waals surface area contributed by atoms with E-state index in [9.17, 15) is 4.79 Å². The van der Waals surface area contributed by atoms with Gasteiger partial charge in [-0.3, -0.25) is 14.3 Å². The zero-order valence-corrected chi connectivity index (χ0v) is 18.2. The number of carbonyl (C=O) groups is 1. The van der Waals surface area contributed by atoms with Gasteiger partial charge in [-0.05, 0) is 36.3 Å². The highest BCUT2D eigenvalue weighted by atomic mass is 16.6. The summed E-state index contributed by atoms with van der Waals surface area (Å²) in [6, 6.07) is 20.8. The lowest BCUT2D eigenvalue weighted by Crippen LogP contribution is -2.48. The predicted octanol–water partition coefficient (Wildman–Crippen LogP) is 2.77. The molecule has 1 saturated heterocycles. The number of rotatable bonds is 7. The van der Waals surface area contributed by atoms with Crippen molar-refractivity contribution in [2.45, 2.75) is 43.7 Å². The van der Waals surface area contributed by atoms with Crippen LogP contribution in [0.4, 0.5) is 0 Å². The number of ether oxygens (including phenoxy) is 1. The molecule has 2 fully saturated rings. The van der Waals surface area contributed by atoms with Crippen molar-refractivity contribution in [3.05, 3.63) is 71.8 Å². The standard InChI is InChI=1S/C26H31N3O2/c1-19-28(17-24-18-31-24)14-15-29(19)23-13-12-22(16-23)26(25(27)30,20-8-4-2-5-9-20)21-10-6-3-7-11-21/h2-11,22-24H,12-18H2,1H3,(H-,27,30)/p+1. The van der Waals surface area contributed by atoms with E-state index in [4.69, 9.17) is 10.5 Å². The number of amides is 1. The van der Waals surface area contributed by atoms with Gasteiger partial charge >= 0.3 is 0 Å². The van der Waals surface area contributed by atoms with Gasteiger partial charge in [0, 0.05) is 6.92 Å². The molecule has 1 amide bonds. The molecule has 2 aliphatic heterocycles. The summed E-state index contributed by atoms with van der Waals surface area (Å²) in [6.45, 7) is 6.24. The SMILES string of the molecule is CC1=[N+](CC2CO2)CCN1C1CCC(C(C(N)=O)(c2ccccc2)c2ccccc2)C1. The van der Waals surface area contributed by atoms with Gasteiger partial charge in [0.25, 0.3) is 0 Å². The van der Waals surface area contributed by atoms with Crippen LogP contribution in [0.5, 0.6) is 0 Å². The maximum Gasteiger partial charge on any atom is 0.244 e. The highest BCUT2D eigenvalue weighted by Gasteiger charge is 2.52. The fraction of sp³-hybridized carbons (Fsp3) is 0.462. The quantitative estimate of drug-likeness (QED) is 0.556. The largest absolute Gasteiger partial charge is 0.369 e. The number of hydrogen-bond acceptors (Lipinski definition) is 3. The van der Waals surface area contributed by atoms with E-state index in [2.05, 4.69) is 40.7 Å². The molecule has 3 aliphatic rings. The second-order valence-electron chi connectivity index (χ2n) is 9.21. The lowest BCUT2D eigenvalue weighted by atomic mass is 9.64. The van der Waals surface area contributed by atoms with Crippen LogP contribution in [0.3, 0.4) is 0 Å². The topological polar surface area (TPSA) is 61.9 Å². The maximum atomic E-state index is 13.3. The lowest BCUT2D eigenvalue weighted by Gasteiger charge is -2.37. The number of benzene rings is 2. The zero-order chi connectivity index (χ0) is 21.4. The number of epoxide rings is 1. The van der Waals surface area contributed by atoms with Crippen molar-refractivity contribution in [1.29, 1.82) is 0 Å². The van der Waals surface area contributed by atoms with Crippen molar-refractivity contribution in [3.63, 3.8) is 0 Å². The first-order valence-corrected chi connectivity index (χ1v) is 11.5. The molecule has 0 radical (unpaired) electrons. The van der Waals surface area contributed by atoms with E-state index in [0.29, 0.717) is 12.1 Å². The fourth-order valence-electron chi connectivity index (χ4n) is 5.98. The first-order chi connectivity index (χ1) is 15.1. The van der Waals surface area contributed by atoms with Crippen LogP contribution in [0.2, 0.25) is 0 Å². The maximum absolute atomic E-state index is 13.3. The van der Waals surface area contributed by atoms with Crippen LogP contribution in [-0.4, -0.2) is 59.6 Å². The third kappa shape index (κ3) is 3.55. The Bertz CT molecular complexity index is 929. The average molecular weight is 419 g/mol. The van der Waals surface area contributed by atoms with E-state index in [0.717, 1.165) is 56.6 Å². The van der Waals surface area contributed by atoms with Gasteiger partial charge in [0.1, 0.15) is 31.2 Å². The van der Waals surface area contributed by atoms with Crippen molar-refractivity contribution >= 4 is 11.7 Å². The summed E-state index contributed by atoms with van der Waals surface area (Å²) >= 11 is 0. The highest BCUT2D eigenvalue weighted by Crippen LogP contribution is 2.48. The van der Waals surface area contributed by atoms with Crippen LogP contribution in [0.1, 0.15) is 37.3 Å². The van der Waals surface area contributed by atoms with Crippen LogP contribution in [0.15, 0.2) is 60.7 Å². The summed E-state index contributed by atoms with van der Waals surface area (Å²) in [6.07, 6.45) is 3.46. The van der Waals surface area contributed by atoms with E-state index in [1.54, 1.807) is 0 Å². The second kappa shape index (κ2) is 8.12. The van der Waals surface area contributed by atoms with Crippen molar-refractivity contribution in [1.82, 2.24) is 4.90 Å². The fourth-order valence-corrected chi connectivity index (χ4v) is 5.98. The normalized spacial score (nSPS) is 25.8. The molecule has 2 heterocycles. The smallest absolute Gasteiger partial charge is 0.244 e. The van der Waals surface area contributed by atoms with Gasteiger partial charge in [-0.25, -0.2) is 0 Å². The average Bonchev–Trinajstić information content (AvgIpc) is 3.36. The Balaban J connectivity index is 1.47. The van der Waals surface area contributed by atoms with E-state index in [1.807, 2.05) is 36.4 Å². The van der Waals surface area contributed by atoms with Crippen LogP contribution in [0, 0.1) is 5.92 Å². The molecule has 3 unspecified atom stereocenters. The molecule has 5 heteroatoms. The van der Waals surface area contributed by atoms with Gasteiger partial charge in [-0.15, -0.1) is 0 Å². The minimum Gasteiger partial charge on any atom is -0.369 e. The molecular weight excluding hydrogens is 386 g/mol. The summed E-state index contributed by atoms with van der Waals surface area (Å²) < 4.78 is 7.90. The molecule has 162 valence electrons. The summed E-state index contributed by atoms with van der Waals surface area (Å²) in [5.41, 5.74) is 7.46. The highest BCUT2D eigenvalue weighted by molar-refractivity contribution is 5.91. The molecule has 31 heavy (non-hydrogen) atoms. The summed E-state index contributed by atoms with van der Waals surface area (Å²) in [5.74, 6) is 1.28. The molecule has 2 aromatic carbocycles. The number of nitrogens with zero attached hydrogens (tertiary/aromatic N) is 2. The molecular formula is C26H32N3O2+. The lowest BCUT2D eigenvalue weighted by molar-refractivity contribution is -0.520. The Morgan fingerprint density at radius 3 is 2.26 bits per heavy atom. The Labute approximate surface area is 184 Å². The molecule has 0 aromatic heterocycles. The van der Waals surface area contributed by atoms with Crippen LogP contribution in [0.25, 0.3) is 0 Å². The Morgan fingerprint density at radius 2 is 1.71 bits per heavy atom. The van der Waals surface area contributed by atoms with E-state index in [-0.39, 0.29) is 11.8 Å². The monoisotopic (exact) mass is 418 g/mol. The molecule has 3 atom stereocenters. The molecule has 5 rings (SSSR count). The van der Waals surface area contributed by atoms with Gasteiger partial charge in [0.05, 0.1) is 12.6 Å². The van der Waals surface area contributed by atoms with Crippen LogP contribution < -0.4 is 5.73 Å². The minimum atomic E-state index is -0.799. The molecule has 2 aromatic rings. The third-order valence-corrected chi connectivity index (χ3v) is 7.62. The van der Waals surface area contributed by atoms with Crippen LogP contribution in [-0.2, 0) is 14.9 Å². The summed E-state index contributed by atoms with van der Waals surface area (Å²) in [5, 5.41) is 0. The Hall–Kier alpha value is -2.66. The van der Waals surface area contributed by atoms with Gasteiger partial charge in [-0.2, -0.15) is 0 Å². The Morgan fingerprint density at radius 1 is 1.10 bits per heavy atom. The number of primary amides is 1. The second-order valence-corrected chi connectivity index (χ2v) is 9.21. The van der Waals surface area contributed by atoms with Gasteiger partial charge < -0.3 is 10.5 Å². The molecule has 2 N–H and O–H groups in total. The third-order valence-electron chi connectivity index (χ3n) is 7.62. The van der Waals surface area contributed by atoms with E-state index < -0.39 is 5.41 Å². The van der Waals surface area contributed by atoms with Crippen molar-refractivity contribution in [3.8, 4) is 0 Å². The minimum absolute atomic E-state index is 0.174.